The predicted octanol–water partition coefficient (Wildman–Crippen LogP) is 2.21. The summed E-state index contributed by atoms with van der Waals surface area (Å²) in [5, 5.41) is 15.1. The third-order valence-corrected chi connectivity index (χ3v) is 6.03. The van der Waals surface area contributed by atoms with Crippen molar-refractivity contribution in [3.8, 4) is 0 Å². The van der Waals surface area contributed by atoms with Gasteiger partial charge in [-0.3, -0.25) is 4.79 Å². The number of oxime groups is 1. The van der Waals surface area contributed by atoms with E-state index in [9.17, 15) is 4.79 Å². The minimum atomic E-state index is -0.799. The third kappa shape index (κ3) is 3.58. The number of likely N-dealkylation sites (tertiary alicyclic amines) is 1. The Bertz CT molecular complexity index is 568. The van der Waals surface area contributed by atoms with Crippen LogP contribution in [-0.4, -0.2) is 47.5 Å². The first-order chi connectivity index (χ1) is 9.88. The van der Waals surface area contributed by atoms with Gasteiger partial charge in [0.05, 0.1) is 13.1 Å². The van der Waals surface area contributed by atoms with Gasteiger partial charge in [-0.2, -0.15) is 0 Å². The molecule has 1 saturated heterocycles. The van der Waals surface area contributed by atoms with Crippen LogP contribution in [0.15, 0.2) is 18.8 Å². The average Bonchev–Trinajstić information content (AvgIpc) is 2.79. The van der Waals surface area contributed by atoms with Crippen molar-refractivity contribution >= 4 is 54.9 Å². The summed E-state index contributed by atoms with van der Waals surface area (Å²) in [5.74, 6) is -0.186. The fraction of sp³-hybridized carbons (Fsp3) is 0.500. The number of carbonyl (C=O) groups is 1. The Labute approximate surface area is 143 Å². The molecule has 9 heteroatoms. The van der Waals surface area contributed by atoms with Crippen LogP contribution in [0.4, 0.5) is 0 Å². The minimum absolute atomic E-state index is 0.0503. The molecule has 0 saturated carbocycles. The zero-order chi connectivity index (χ0) is 15.6. The second kappa shape index (κ2) is 6.64. The molecule has 0 radical (unpaired) electrons. The number of rotatable bonds is 3. The molecule has 1 fully saturated rings. The van der Waals surface area contributed by atoms with Crippen molar-refractivity contribution in [3.63, 3.8) is 0 Å². The second-order valence-corrected chi connectivity index (χ2v) is 8.81. The highest BCUT2D eigenvalue weighted by molar-refractivity contribution is 9.12. The number of amides is 1. The number of carbonyl (C=O) groups excluding carboxylic acids is 1. The number of thiophene rings is 1. The van der Waals surface area contributed by atoms with Crippen LogP contribution in [0.5, 0.6) is 0 Å². The molecule has 2 heterocycles. The molecule has 1 aliphatic rings. The Hall–Kier alpha value is -0.640. The maximum atomic E-state index is 12.5. The first kappa shape index (κ1) is 16.7. The Balaban J connectivity index is 2.23. The third-order valence-electron chi connectivity index (χ3n) is 3.69. The largest absolute Gasteiger partial charge is 0.409 e. The van der Waals surface area contributed by atoms with E-state index in [0.29, 0.717) is 18.4 Å². The monoisotopic (exact) mass is 438 g/mol. The van der Waals surface area contributed by atoms with E-state index in [4.69, 9.17) is 10.9 Å². The van der Waals surface area contributed by atoms with Gasteiger partial charge in [0.15, 0.2) is 5.84 Å². The van der Waals surface area contributed by atoms with Gasteiger partial charge in [-0.05, 0) is 57.8 Å². The second-order valence-electron chi connectivity index (χ2n) is 5.06. The van der Waals surface area contributed by atoms with Crippen LogP contribution < -0.4 is 11.1 Å². The maximum absolute atomic E-state index is 12.5. The molecule has 1 aromatic heterocycles. The normalized spacial score (nSPS) is 19.5. The number of piperidine rings is 1. The van der Waals surface area contributed by atoms with Crippen molar-refractivity contribution in [1.29, 1.82) is 0 Å². The Morgan fingerprint density at radius 1 is 1.52 bits per heavy atom. The number of hydrogen-bond donors (Lipinski definition) is 3. The van der Waals surface area contributed by atoms with Gasteiger partial charge < -0.3 is 21.2 Å². The van der Waals surface area contributed by atoms with Crippen LogP contribution >= 0.6 is 43.2 Å². The van der Waals surface area contributed by atoms with Crippen molar-refractivity contribution in [2.24, 2.45) is 10.9 Å². The highest BCUT2D eigenvalue weighted by Gasteiger charge is 2.40. The fourth-order valence-corrected chi connectivity index (χ4v) is 5.11. The van der Waals surface area contributed by atoms with Gasteiger partial charge in [0.1, 0.15) is 5.54 Å². The Kier molecular flexibility index (Phi) is 5.29. The molecule has 0 bridgehead atoms. The van der Waals surface area contributed by atoms with Gasteiger partial charge in [0.2, 0.25) is 0 Å². The number of nitrogens with one attached hydrogen (secondary N) is 1. The summed E-state index contributed by atoms with van der Waals surface area (Å²) >= 11 is 8.15. The molecule has 0 atom stereocenters. The summed E-state index contributed by atoms with van der Waals surface area (Å²) in [6.45, 7) is 1.54. The van der Waals surface area contributed by atoms with Crippen LogP contribution in [0.2, 0.25) is 0 Å². The van der Waals surface area contributed by atoms with Crippen LogP contribution in [0.1, 0.15) is 23.2 Å². The molecule has 0 spiro atoms. The van der Waals surface area contributed by atoms with E-state index < -0.39 is 5.54 Å². The molecule has 1 aromatic rings. The highest BCUT2D eigenvalue weighted by atomic mass is 79.9. The summed E-state index contributed by atoms with van der Waals surface area (Å²) in [7, 11) is 2.00. The summed E-state index contributed by atoms with van der Waals surface area (Å²) in [5.41, 5.74) is 5.58. The predicted molar refractivity (Wildman–Crippen MR) is 90.1 cm³/mol. The zero-order valence-corrected chi connectivity index (χ0v) is 15.4. The number of halogens is 2. The van der Waals surface area contributed by atoms with Crippen molar-refractivity contribution in [1.82, 2.24) is 10.2 Å². The summed E-state index contributed by atoms with van der Waals surface area (Å²) in [4.78, 5) is 14.6. The van der Waals surface area contributed by atoms with E-state index >= 15 is 0 Å². The number of nitrogens with two attached hydrogens (primary N) is 1. The van der Waals surface area contributed by atoms with E-state index in [0.717, 1.165) is 20.7 Å². The molecule has 0 aromatic carbocycles. The molecule has 0 aliphatic carbocycles. The fourth-order valence-electron chi connectivity index (χ4n) is 2.32. The molecular weight excluding hydrogens is 424 g/mol. The van der Waals surface area contributed by atoms with Crippen LogP contribution in [-0.2, 0) is 0 Å². The molecule has 4 N–H and O–H groups in total. The first-order valence-electron chi connectivity index (χ1n) is 6.32. The van der Waals surface area contributed by atoms with Gasteiger partial charge >= 0.3 is 0 Å². The van der Waals surface area contributed by atoms with E-state index in [1.165, 1.54) is 11.3 Å². The van der Waals surface area contributed by atoms with E-state index in [-0.39, 0.29) is 11.7 Å². The minimum Gasteiger partial charge on any atom is -0.409 e. The Morgan fingerprint density at radius 2 is 2.14 bits per heavy atom. The number of nitrogens with zero attached hydrogens (tertiary/aromatic N) is 2. The van der Waals surface area contributed by atoms with Gasteiger partial charge in [-0.1, -0.05) is 5.16 Å². The van der Waals surface area contributed by atoms with Crippen LogP contribution in [0.25, 0.3) is 0 Å². The van der Waals surface area contributed by atoms with Crippen molar-refractivity contribution in [3.05, 3.63) is 19.2 Å². The van der Waals surface area contributed by atoms with Gasteiger partial charge in [0, 0.05) is 13.1 Å². The van der Waals surface area contributed by atoms with Crippen LogP contribution in [0, 0.1) is 0 Å². The quantitative estimate of drug-likeness (QED) is 0.291. The highest BCUT2D eigenvalue weighted by Crippen LogP contribution is 2.32. The lowest BCUT2D eigenvalue weighted by molar-refractivity contribution is 0.0886. The summed E-state index contributed by atoms with van der Waals surface area (Å²) < 4.78 is 1.61. The van der Waals surface area contributed by atoms with Gasteiger partial charge in [-0.15, -0.1) is 11.3 Å². The van der Waals surface area contributed by atoms with Crippen molar-refractivity contribution in [2.75, 3.05) is 20.1 Å². The summed E-state index contributed by atoms with van der Waals surface area (Å²) in [6, 6.07) is 1.75. The molecule has 2 rings (SSSR count). The van der Waals surface area contributed by atoms with Crippen molar-refractivity contribution in [2.45, 2.75) is 18.4 Å². The zero-order valence-electron chi connectivity index (χ0n) is 11.4. The van der Waals surface area contributed by atoms with Gasteiger partial charge in [-0.25, -0.2) is 0 Å². The number of hydrogen-bond acceptors (Lipinski definition) is 5. The maximum Gasteiger partial charge on any atom is 0.254 e. The Morgan fingerprint density at radius 3 is 2.62 bits per heavy atom. The lowest BCUT2D eigenvalue weighted by Crippen LogP contribution is -2.62. The molecule has 1 amide bonds. The molecule has 6 nitrogen and oxygen atoms in total. The molecule has 116 valence electrons. The summed E-state index contributed by atoms with van der Waals surface area (Å²) in [6.07, 6.45) is 1.21. The smallest absolute Gasteiger partial charge is 0.254 e. The standard InChI is InChI=1S/C12H16Br2N4O2S/c1-18-4-2-12(3-5-18,11(15)17-20)16-10(19)7-6-8(13)21-9(7)14/h6,20H,2-5H2,1H3,(H2,15,17)(H,16,19). The van der Waals surface area contributed by atoms with E-state index in [1.807, 2.05) is 7.05 Å². The molecular formula is C12H16Br2N4O2S. The topological polar surface area (TPSA) is 91.0 Å². The van der Waals surface area contributed by atoms with Crippen molar-refractivity contribution < 1.29 is 10.0 Å². The molecule has 21 heavy (non-hydrogen) atoms. The molecule has 1 aliphatic heterocycles. The van der Waals surface area contributed by atoms with Crippen LogP contribution in [0.3, 0.4) is 0 Å². The van der Waals surface area contributed by atoms with Gasteiger partial charge in [0.25, 0.3) is 5.91 Å². The van der Waals surface area contributed by atoms with E-state index in [2.05, 4.69) is 47.2 Å². The lowest BCUT2D eigenvalue weighted by atomic mass is 9.86. The SMILES string of the molecule is CN1CCC(NC(=O)c2cc(Br)sc2Br)(/C(N)=N/O)CC1. The average molecular weight is 440 g/mol. The van der Waals surface area contributed by atoms with E-state index in [1.54, 1.807) is 6.07 Å². The lowest BCUT2D eigenvalue weighted by Gasteiger charge is -2.40. The molecule has 0 unspecified atom stereocenters. The first-order valence-corrected chi connectivity index (χ1v) is 8.72. The number of amidine groups is 1.